The highest BCUT2D eigenvalue weighted by atomic mass is 32.2. The molecular weight excluding hydrogens is 208 g/mol. The van der Waals surface area contributed by atoms with E-state index in [1.807, 2.05) is 0 Å². The number of allylic oxidation sites excluding steroid dienone is 1. The van der Waals surface area contributed by atoms with Gasteiger partial charge < -0.3 is 0 Å². The van der Waals surface area contributed by atoms with E-state index >= 15 is 0 Å². The van der Waals surface area contributed by atoms with Crippen molar-refractivity contribution in [3.8, 4) is 0 Å². The highest BCUT2D eigenvalue weighted by Gasteiger charge is 2.34. The average Bonchev–Trinajstić information content (AvgIpc) is 2.68. The predicted octanol–water partition coefficient (Wildman–Crippen LogP) is 4.18. The molecule has 0 nitrogen and oxygen atoms in total. The van der Waals surface area contributed by atoms with Crippen LogP contribution in [-0.2, 0) is 0 Å². The van der Waals surface area contributed by atoms with Gasteiger partial charge in [0.05, 0.1) is 4.58 Å². The Kier molecular flexibility index (Phi) is 4.30. The number of rotatable bonds is 3. The van der Waals surface area contributed by atoms with Gasteiger partial charge in [-0.3, -0.25) is 0 Å². The molecule has 0 aromatic carbocycles. The zero-order valence-corrected chi connectivity index (χ0v) is 10.4. The first-order chi connectivity index (χ1) is 6.92. The molecule has 2 rings (SSSR count). The molecule has 1 aliphatic carbocycles. The zero-order chi connectivity index (χ0) is 9.80. The molecule has 0 N–H and O–H groups in total. The summed E-state index contributed by atoms with van der Waals surface area (Å²) in [6.45, 7) is 3.89. The van der Waals surface area contributed by atoms with Gasteiger partial charge in [-0.2, -0.15) is 0 Å². The minimum absolute atomic E-state index is 0.913. The lowest BCUT2D eigenvalue weighted by atomic mass is 9.94. The largest absolute Gasteiger partial charge is 0.147 e. The summed E-state index contributed by atoms with van der Waals surface area (Å²) in [4.78, 5) is 0. The van der Waals surface area contributed by atoms with Crippen molar-refractivity contribution in [3.63, 3.8) is 0 Å². The standard InChI is InChI=1S/C12H20S2/c1-2-5-10-6-3-7-11(10)12-13-8-4-9-14-12/h2,10-12H,1,3-9H2/t10-,11-/m1/s1. The van der Waals surface area contributed by atoms with E-state index in [0.29, 0.717) is 0 Å². The third-order valence-corrected chi connectivity index (χ3v) is 6.61. The fourth-order valence-corrected chi connectivity index (χ4v) is 6.13. The molecule has 0 radical (unpaired) electrons. The fraction of sp³-hybridized carbons (Fsp3) is 0.833. The molecule has 1 aliphatic heterocycles. The summed E-state index contributed by atoms with van der Waals surface area (Å²) in [5, 5.41) is 0. The summed E-state index contributed by atoms with van der Waals surface area (Å²) in [6.07, 6.45) is 9.19. The van der Waals surface area contributed by atoms with Crippen molar-refractivity contribution in [2.75, 3.05) is 11.5 Å². The van der Waals surface area contributed by atoms with Crippen molar-refractivity contribution in [2.45, 2.75) is 36.7 Å². The number of hydrogen-bond donors (Lipinski definition) is 0. The fourth-order valence-electron chi connectivity index (χ4n) is 2.68. The van der Waals surface area contributed by atoms with Crippen LogP contribution in [0, 0.1) is 11.8 Å². The molecule has 0 aromatic rings. The molecule has 0 amide bonds. The number of hydrogen-bond acceptors (Lipinski definition) is 2. The predicted molar refractivity (Wildman–Crippen MR) is 69.0 cm³/mol. The quantitative estimate of drug-likeness (QED) is 0.665. The molecule has 2 aliphatic rings. The van der Waals surface area contributed by atoms with Crippen molar-refractivity contribution >= 4 is 23.5 Å². The van der Waals surface area contributed by atoms with Crippen LogP contribution in [0.4, 0.5) is 0 Å². The van der Waals surface area contributed by atoms with Crippen molar-refractivity contribution in [1.82, 2.24) is 0 Å². The van der Waals surface area contributed by atoms with Gasteiger partial charge in [0.2, 0.25) is 0 Å². The summed E-state index contributed by atoms with van der Waals surface area (Å²) in [5.41, 5.74) is 0. The van der Waals surface area contributed by atoms with Crippen LogP contribution in [0.15, 0.2) is 12.7 Å². The number of thioether (sulfide) groups is 2. The van der Waals surface area contributed by atoms with Crippen LogP contribution in [0.25, 0.3) is 0 Å². The second-order valence-electron chi connectivity index (χ2n) is 4.34. The normalized spacial score (nSPS) is 34.6. The molecule has 2 fully saturated rings. The second kappa shape index (κ2) is 5.50. The first-order valence-corrected chi connectivity index (χ1v) is 7.85. The van der Waals surface area contributed by atoms with Crippen molar-refractivity contribution in [1.29, 1.82) is 0 Å². The summed E-state index contributed by atoms with van der Waals surface area (Å²) in [7, 11) is 0. The van der Waals surface area contributed by atoms with Crippen molar-refractivity contribution < 1.29 is 0 Å². The van der Waals surface area contributed by atoms with E-state index < -0.39 is 0 Å². The Morgan fingerprint density at radius 1 is 1.14 bits per heavy atom. The first-order valence-electron chi connectivity index (χ1n) is 5.76. The van der Waals surface area contributed by atoms with E-state index in [1.54, 1.807) is 0 Å². The second-order valence-corrected chi connectivity index (χ2v) is 7.14. The topological polar surface area (TPSA) is 0 Å². The van der Waals surface area contributed by atoms with Crippen LogP contribution in [0.5, 0.6) is 0 Å². The first kappa shape index (κ1) is 10.9. The van der Waals surface area contributed by atoms with Gasteiger partial charge in [0, 0.05) is 0 Å². The van der Waals surface area contributed by atoms with Gasteiger partial charge >= 0.3 is 0 Å². The van der Waals surface area contributed by atoms with Gasteiger partial charge in [-0.05, 0) is 49.0 Å². The van der Waals surface area contributed by atoms with Crippen LogP contribution in [0.3, 0.4) is 0 Å². The lowest BCUT2D eigenvalue weighted by molar-refractivity contribution is 0.418. The van der Waals surface area contributed by atoms with Gasteiger partial charge in [-0.25, -0.2) is 0 Å². The Labute approximate surface area is 96.3 Å². The van der Waals surface area contributed by atoms with Crippen LogP contribution >= 0.6 is 23.5 Å². The summed E-state index contributed by atoms with van der Waals surface area (Å²) in [5.74, 6) is 4.74. The molecule has 1 saturated carbocycles. The molecule has 14 heavy (non-hydrogen) atoms. The molecule has 2 heteroatoms. The maximum atomic E-state index is 3.89. The summed E-state index contributed by atoms with van der Waals surface area (Å²) < 4.78 is 0.913. The maximum Gasteiger partial charge on any atom is 0.0533 e. The Bertz CT molecular complexity index is 185. The molecule has 1 saturated heterocycles. The van der Waals surface area contributed by atoms with Gasteiger partial charge in [0.15, 0.2) is 0 Å². The molecule has 2 atom stereocenters. The molecule has 0 bridgehead atoms. The molecule has 80 valence electrons. The Balaban J connectivity index is 1.90. The third-order valence-electron chi connectivity index (χ3n) is 3.39. The Morgan fingerprint density at radius 3 is 2.64 bits per heavy atom. The van der Waals surface area contributed by atoms with Crippen LogP contribution in [0.2, 0.25) is 0 Å². The Morgan fingerprint density at radius 2 is 1.93 bits per heavy atom. The minimum atomic E-state index is 0.913. The van der Waals surface area contributed by atoms with E-state index in [9.17, 15) is 0 Å². The van der Waals surface area contributed by atoms with Gasteiger partial charge in [-0.15, -0.1) is 30.1 Å². The van der Waals surface area contributed by atoms with E-state index in [0.717, 1.165) is 16.4 Å². The van der Waals surface area contributed by atoms with Crippen LogP contribution in [-0.4, -0.2) is 16.1 Å². The third kappa shape index (κ3) is 2.52. The smallest absolute Gasteiger partial charge is 0.0533 e. The SMILES string of the molecule is C=CC[C@@H]1CCC[C@H]1C1SCCCS1. The van der Waals surface area contributed by atoms with Crippen LogP contribution < -0.4 is 0 Å². The van der Waals surface area contributed by atoms with E-state index in [1.165, 1.54) is 43.6 Å². The van der Waals surface area contributed by atoms with Gasteiger partial charge in [-0.1, -0.05) is 12.5 Å². The van der Waals surface area contributed by atoms with Crippen molar-refractivity contribution in [2.24, 2.45) is 11.8 Å². The van der Waals surface area contributed by atoms with E-state index in [-0.39, 0.29) is 0 Å². The average molecular weight is 228 g/mol. The van der Waals surface area contributed by atoms with Gasteiger partial charge in [0.1, 0.15) is 0 Å². The molecule has 1 heterocycles. The molecule has 0 spiro atoms. The Hall–Kier alpha value is 0.440. The van der Waals surface area contributed by atoms with Crippen molar-refractivity contribution in [3.05, 3.63) is 12.7 Å². The molecule has 0 unspecified atom stereocenters. The lowest BCUT2D eigenvalue weighted by Gasteiger charge is -2.30. The maximum absolute atomic E-state index is 3.89. The molecule has 0 aromatic heterocycles. The minimum Gasteiger partial charge on any atom is -0.147 e. The highest BCUT2D eigenvalue weighted by molar-refractivity contribution is 8.17. The van der Waals surface area contributed by atoms with Gasteiger partial charge in [0.25, 0.3) is 0 Å². The van der Waals surface area contributed by atoms with E-state index in [2.05, 4.69) is 36.2 Å². The lowest BCUT2D eigenvalue weighted by Crippen LogP contribution is -2.21. The van der Waals surface area contributed by atoms with E-state index in [4.69, 9.17) is 0 Å². The highest BCUT2D eigenvalue weighted by Crippen LogP contribution is 2.46. The van der Waals surface area contributed by atoms with Crippen LogP contribution in [0.1, 0.15) is 32.1 Å². The summed E-state index contributed by atoms with van der Waals surface area (Å²) in [6, 6.07) is 0. The summed E-state index contributed by atoms with van der Waals surface area (Å²) >= 11 is 4.44. The molecular formula is C12H20S2. The zero-order valence-electron chi connectivity index (χ0n) is 8.78. The monoisotopic (exact) mass is 228 g/mol.